The van der Waals surface area contributed by atoms with Gasteiger partial charge in [-0.05, 0) is 38.1 Å². The maximum absolute atomic E-state index is 5.93. The summed E-state index contributed by atoms with van der Waals surface area (Å²) in [6, 6.07) is 7.34. The first kappa shape index (κ1) is 22.3. The van der Waals surface area contributed by atoms with E-state index in [2.05, 4.69) is 15.2 Å². The molecule has 1 heterocycles. The van der Waals surface area contributed by atoms with Gasteiger partial charge in [0.05, 0.1) is 19.8 Å². The summed E-state index contributed by atoms with van der Waals surface area (Å²) in [5.74, 6) is 1.20. The van der Waals surface area contributed by atoms with Crippen LogP contribution in [0.25, 0.3) is 0 Å². The maximum atomic E-state index is 5.93. The quantitative estimate of drug-likeness (QED) is 0.258. The van der Waals surface area contributed by atoms with Crippen molar-refractivity contribution in [2.45, 2.75) is 19.4 Å². The van der Waals surface area contributed by atoms with Crippen molar-refractivity contribution in [2.75, 3.05) is 45.9 Å². The van der Waals surface area contributed by atoms with Crippen LogP contribution in [0.5, 0.6) is 5.75 Å². The second kappa shape index (κ2) is 12.6. The normalized spacial score (nSPS) is 16.8. The highest BCUT2D eigenvalue weighted by Gasteiger charge is 2.09. The highest BCUT2D eigenvalue weighted by Crippen LogP contribution is 2.18. The van der Waals surface area contributed by atoms with Gasteiger partial charge in [-0.15, -0.1) is 24.0 Å². The third-order valence-corrected chi connectivity index (χ3v) is 3.95. The third-order valence-electron chi connectivity index (χ3n) is 3.71. The summed E-state index contributed by atoms with van der Waals surface area (Å²) in [4.78, 5) is 6.72. The third kappa shape index (κ3) is 9.48. The highest BCUT2D eigenvalue weighted by atomic mass is 127. The van der Waals surface area contributed by atoms with Crippen molar-refractivity contribution in [3.63, 3.8) is 0 Å². The molecule has 0 saturated carbocycles. The Hall–Kier alpha value is -0.770. The number of nitrogens with one attached hydrogen (secondary N) is 1. The number of guanidine groups is 1. The number of aliphatic imine (C=N–C) groups is 1. The molecule has 0 bridgehead atoms. The lowest BCUT2D eigenvalue weighted by Gasteiger charge is -2.26. The van der Waals surface area contributed by atoms with Crippen LogP contribution >= 0.6 is 35.6 Å². The van der Waals surface area contributed by atoms with E-state index < -0.39 is 0 Å². The molecule has 1 aromatic rings. The number of ether oxygens (including phenoxy) is 2. The molecule has 1 fully saturated rings. The summed E-state index contributed by atoms with van der Waals surface area (Å²) in [5, 5.41) is 3.80. The van der Waals surface area contributed by atoms with Gasteiger partial charge < -0.3 is 20.5 Å². The van der Waals surface area contributed by atoms with Gasteiger partial charge in [0.25, 0.3) is 0 Å². The molecule has 1 aliphatic heterocycles. The van der Waals surface area contributed by atoms with Crippen molar-refractivity contribution in [1.82, 2.24) is 10.2 Å². The van der Waals surface area contributed by atoms with Crippen molar-refractivity contribution < 1.29 is 9.47 Å². The largest absolute Gasteiger partial charge is 0.489 e. The van der Waals surface area contributed by atoms with E-state index in [1.165, 1.54) is 0 Å². The molecule has 25 heavy (non-hydrogen) atoms. The van der Waals surface area contributed by atoms with Crippen LogP contribution in [0.4, 0.5) is 0 Å². The molecule has 1 unspecified atom stereocenters. The number of nitrogens with two attached hydrogens (primary N) is 1. The fourth-order valence-corrected chi connectivity index (χ4v) is 2.62. The van der Waals surface area contributed by atoms with Gasteiger partial charge in [-0.25, -0.2) is 4.99 Å². The predicted octanol–water partition coefficient (Wildman–Crippen LogP) is 2.35. The van der Waals surface area contributed by atoms with Crippen LogP contribution in [-0.4, -0.2) is 62.9 Å². The minimum Gasteiger partial charge on any atom is -0.489 e. The van der Waals surface area contributed by atoms with Gasteiger partial charge in [-0.2, -0.15) is 0 Å². The summed E-state index contributed by atoms with van der Waals surface area (Å²) < 4.78 is 11.1. The van der Waals surface area contributed by atoms with E-state index in [4.69, 9.17) is 26.8 Å². The molecule has 1 aliphatic rings. The zero-order valence-corrected chi connectivity index (χ0v) is 17.7. The fourth-order valence-electron chi connectivity index (χ4n) is 2.44. The molecule has 2 rings (SSSR count). The van der Waals surface area contributed by atoms with Gasteiger partial charge in [0, 0.05) is 24.7 Å². The van der Waals surface area contributed by atoms with Crippen LogP contribution in [-0.2, 0) is 4.74 Å². The molecule has 0 amide bonds. The average molecular weight is 483 g/mol. The number of rotatable bonds is 8. The Bertz CT molecular complexity index is 527. The standard InChI is InChI=1S/C17H27ClN4O2.HI/c1-14(24-16-5-2-4-15(18)12-16)13-21-17(19)20-6-3-7-22-8-10-23-11-9-22;/h2,4-5,12,14H,3,6-11,13H2,1H3,(H3,19,20,21);1H. The van der Waals surface area contributed by atoms with Crippen molar-refractivity contribution in [2.24, 2.45) is 10.7 Å². The first-order valence-electron chi connectivity index (χ1n) is 8.39. The molecule has 142 valence electrons. The summed E-state index contributed by atoms with van der Waals surface area (Å²) in [5.41, 5.74) is 5.89. The van der Waals surface area contributed by atoms with Crippen molar-refractivity contribution in [1.29, 1.82) is 0 Å². The Morgan fingerprint density at radius 3 is 2.92 bits per heavy atom. The highest BCUT2D eigenvalue weighted by molar-refractivity contribution is 14.0. The van der Waals surface area contributed by atoms with Gasteiger partial charge in [0.2, 0.25) is 0 Å². The molecule has 3 N–H and O–H groups in total. The van der Waals surface area contributed by atoms with E-state index in [-0.39, 0.29) is 30.1 Å². The Morgan fingerprint density at radius 2 is 2.20 bits per heavy atom. The molecule has 1 aromatic carbocycles. The van der Waals surface area contributed by atoms with Crippen molar-refractivity contribution in [3.8, 4) is 5.75 Å². The predicted molar refractivity (Wildman–Crippen MR) is 113 cm³/mol. The van der Waals surface area contributed by atoms with Crippen LogP contribution in [0, 0.1) is 0 Å². The lowest BCUT2D eigenvalue weighted by Crippen LogP contribution is -2.39. The van der Waals surface area contributed by atoms with E-state index in [1.54, 1.807) is 6.07 Å². The van der Waals surface area contributed by atoms with E-state index in [0.717, 1.165) is 51.6 Å². The van der Waals surface area contributed by atoms with Crippen molar-refractivity contribution >= 4 is 41.5 Å². The molecule has 0 radical (unpaired) electrons. The minimum atomic E-state index is -0.0721. The van der Waals surface area contributed by atoms with E-state index in [0.29, 0.717) is 17.5 Å². The zero-order chi connectivity index (χ0) is 17.2. The van der Waals surface area contributed by atoms with Crippen LogP contribution in [0.3, 0.4) is 0 Å². The number of benzene rings is 1. The van der Waals surface area contributed by atoms with Gasteiger partial charge in [0.15, 0.2) is 5.96 Å². The van der Waals surface area contributed by atoms with Crippen LogP contribution < -0.4 is 15.8 Å². The molecular weight excluding hydrogens is 455 g/mol. The van der Waals surface area contributed by atoms with Gasteiger partial charge in [0.1, 0.15) is 11.9 Å². The first-order valence-corrected chi connectivity index (χ1v) is 8.77. The van der Waals surface area contributed by atoms with Crippen LogP contribution in [0.15, 0.2) is 29.3 Å². The van der Waals surface area contributed by atoms with E-state index in [1.807, 2.05) is 25.1 Å². The van der Waals surface area contributed by atoms with Crippen LogP contribution in [0.2, 0.25) is 5.02 Å². The second-order valence-corrected chi connectivity index (χ2v) is 6.28. The molecule has 0 aliphatic carbocycles. The molecule has 1 atom stereocenters. The average Bonchev–Trinajstić information content (AvgIpc) is 2.58. The first-order chi connectivity index (χ1) is 11.6. The topological polar surface area (TPSA) is 72.1 Å². The van der Waals surface area contributed by atoms with E-state index in [9.17, 15) is 0 Å². The molecule has 8 heteroatoms. The monoisotopic (exact) mass is 482 g/mol. The Labute approximate surface area is 172 Å². The number of halogens is 2. The SMILES string of the molecule is CC(CN=C(N)NCCCN1CCOCC1)Oc1cccc(Cl)c1.I. The number of hydrogen-bond donors (Lipinski definition) is 2. The molecule has 0 aromatic heterocycles. The lowest BCUT2D eigenvalue weighted by atomic mass is 10.3. The van der Waals surface area contributed by atoms with Crippen molar-refractivity contribution in [3.05, 3.63) is 29.3 Å². The smallest absolute Gasteiger partial charge is 0.188 e. The summed E-state index contributed by atoms with van der Waals surface area (Å²) in [6.07, 6.45) is 0.960. The minimum absolute atomic E-state index is 0. The molecule has 1 saturated heterocycles. The van der Waals surface area contributed by atoms with Gasteiger partial charge in [-0.3, -0.25) is 4.90 Å². The fraction of sp³-hybridized carbons (Fsp3) is 0.588. The number of morpholine rings is 1. The van der Waals surface area contributed by atoms with Gasteiger partial charge >= 0.3 is 0 Å². The van der Waals surface area contributed by atoms with Crippen LogP contribution in [0.1, 0.15) is 13.3 Å². The van der Waals surface area contributed by atoms with Gasteiger partial charge in [-0.1, -0.05) is 17.7 Å². The molecule has 0 spiro atoms. The molecule has 6 nitrogen and oxygen atoms in total. The summed E-state index contributed by atoms with van der Waals surface area (Å²) in [7, 11) is 0. The number of hydrogen-bond acceptors (Lipinski definition) is 4. The van der Waals surface area contributed by atoms with E-state index >= 15 is 0 Å². The maximum Gasteiger partial charge on any atom is 0.188 e. The second-order valence-electron chi connectivity index (χ2n) is 5.85. The molecular formula is C17H28ClIN4O2. The summed E-state index contributed by atoms with van der Waals surface area (Å²) >= 11 is 5.93. The summed E-state index contributed by atoms with van der Waals surface area (Å²) in [6.45, 7) is 8.02. The Kier molecular flexibility index (Phi) is 11.2. The zero-order valence-electron chi connectivity index (χ0n) is 14.6. The Balaban J connectivity index is 0.00000312. The lowest BCUT2D eigenvalue weighted by molar-refractivity contribution is 0.0376. The Morgan fingerprint density at radius 1 is 1.44 bits per heavy atom. The number of nitrogens with zero attached hydrogens (tertiary/aromatic N) is 2.